The van der Waals surface area contributed by atoms with E-state index in [0.29, 0.717) is 0 Å². The first kappa shape index (κ1) is 15.3. The second kappa shape index (κ2) is 6.56. The van der Waals surface area contributed by atoms with Crippen LogP contribution in [-0.4, -0.2) is 41.1 Å². The van der Waals surface area contributed by atoms with E-state index in [0.717, 1.165) is 12.8 Å². The van der Waals surface area contributed by atoms with Crippen molar-refractivity contribution in [2.75, 3.05) is 13.2 Å². The van der Waals surface area contributed by atoms with Crippen molar-refractivity contribution in [2.45, 2.75) is 25.8 Å². The normalized spacial score (nSPS) is 15.3. The van der Waals surface area contributed by atoms with Gasteiger partial charge in [0.15, 0.2) is 18.2 Å². The number of benzene rings is 1. The highest BCUT2D eigenvalue weighted by molar-refractivity contribution is 5.79. The standard InChI is InChI=1S/C15H18FNO4/c1-10(15(19)20)8-17(11-6-7-11)14(18)9-21-13-5-3-2-4-12(13)16/h2-5,10-11H,6-9H2,1H3,(H,19,20). The third-order valence-electron chi connectivity index (χ3n) is 3.39. The average molecular weight is 295 g/mol. The van der Waals surface area contributed by atoms with Gasteiger partial charge in [-0.15, -0.1) is 0 Å². The number of carboxylic acid groups (broad SMARTS) is 1. The number of ether oxygens (including phenoxy) is 1. The quantitative estimate of drug-likeness (QED) is 0.834. The second-order valence-electron chi connectivity index (χ2n) is 5.24. The predicted molar refractivity (Wildman–Crippen MR) is 73.4 cm³/mol. The van der Waals surface area contributed by atoms with Crippen LogP contribution in [0, 0.1) is 11.7 Å². The lowest BCUT2D eigenvalue weighted by molar-refractivity contribution is -0.143. The van der Waals surface area contributed by atoms with Crippen molar-refractivity contribution in [2.24, 2.45) is 5.92 Å². The smallest absolute Gasteiger partial charge is 0.308 e. The van der Waals surface area contributed by atoms with Gasteiger partial charge in [-0.3, -0.25) is 9.59 Å². The van der Waals surface area contributed by atoms with Crippen molar-refractivity contribution < 1.29 is 23.8 Å². The van der Waals surface area contributed by atoms with E-state index in [4.69, 9.17) is 9.84 Å². The van der Waals surface area contributed by atoms with Gasteiger partial charge >= 0.3 is 5.97 Å². The van der Waals surface area contributed by atoms with E-state index in [1.807, 2.05) is 0 Å². The summed E-state index contributed by atoms with van der Waals surface area (Å²) in [4.78, 5) is 24.6. The first-order valence-electron chi connectivity index (χ1n) is 6.88. The molecule has 0 saturated heterocycles. The molecule has 0 bridgehead atoms. The molecule has 1 atom stereocenters. The highest BCUT2D eigenvalue weighted by atomic mass is 19.1. The molecule has 1 unspecified atom stereocenters. The Morgan fingerprint density at radius 2 is 2.10 bits per heavy atom. The molecular formula is C15H18FNO4. The summed E-state index contributed by atoms with van der Waals surface area (Å²) in [5, 5.41) is 8.94. The first-order valence-corrected chi connectivity index (χ1v) is 6.88. The largest absolute Gasteiger partial charge is 0.481 e. The zero-order chi connectivity index (χ0) is 15.4. The van der Waals surface area contributed by atoms with E-state index in [1.54, 1.807) is 13.0 Å². The summed E-state index contributed by atoms with van der Waals surface area (Å²) in [6, 6.07) is 5.95. The number of hydrogen-bond acceptors (Lipinski definition) is 3. The van der Waals surface area contributed by atoms with Crippen molar-refractivity contribution in [3.05, 3.63) is 30.1 Å². The van der Waals surface area contributed by atoms with Crippen LogP contribution in [0.15, 0.2) is 24.3 Å². The maximum absolute atomic E-state index is 13.4. The maximum Gasteiger partial charge on any atom is 0.308 e. The van der Waals surface area contributed by atoms with Crippen LogP contribution in [0.1, 0.15) is 19.8 Å². The Morgan fingerprint density at radius 3 is 2.67 bits per heavy atom. The zero-order valence-corrected chi connectivity index (χ0v) is 11.8. The second-order valence-corrected chi connectivity index (χ2v) is 5.24. The van der Waals surface area contributed by atoms with Gasteiger partial charge in [0, 0.05) is 12.6 Å². The molecule has 2 rings (SSSR count). The van der Waals surface area contributed by atoms with Crippen molar-refractivity contribution in [3.8, 4) is 5.75 Å². The number of para-hydroxylation sites is 1. The summed E-state index contributed by atoms with van der Waals surface area (Å²) >= 11 is 0. The Kier molecular flexibility index (Phi) is 4.77. The molecule has 1 saturated carbocycles. The average Bonchev–Trinajstić information content (AvgIpc) is 3.27. The van der Waals surface area contributed by atoms with E-state index >= 15 is 0 Å². The first-order chi connectivity index (χ1) is 9.99. The van der Waals surface area contributed by atoms with Crippen LogP contribution in [0.4, 0.5) is 4.39 Å². The van der Waals surface area contributed by atoms with Crippen molar-refractivity contribution in [1.82, 2.24) is 4.90 Å². The van der Waals surface area contributed by atoms with Crippen LogP contribution in [0.3, 0.4) is 0 Å². The van der Waals surface area contributed by atoms with E-state index < -0.39 is 17.7 Å². The van der Waals surface area contributed by atoms with E-state index in [2.05, 4.69) is 0 Å². The van der Waals surface area contributed by atoms with Crippen LogP contribution >= 0.6 is 0 Å². The van der Waals surface area contributed by atoms with Gasteiger partial charge in [0.2, 0.25) is 0 Å². The summed E-state index contributed by atoms with van der Waals surface area (Å²) in [7, 11) is 0. The van der Waals surface area contributed by atoms with Crippen LogP contribution < -0.4 is 4.74 Å². The number of carbonyl (C=O) groups excluding carboxylic acids is 1. The summed E-state index contributed by atoms with van der Waals surface area (Å²) in [5.74, 6) is -2.39. The highest BCUT2D eigenvalue weighted by Crippen LogP contribution is 2.28. The SMILES string of the molecule is CC(CN(C(=O)COc1ccccc1F)C1CC1)C(=O)O. The Hall–Kier alpha value is -2.11. The molecule has 0 aliphatic heterocycles. The third-order valence-corrected chi connectivity index (χ3v) is 3.39. The van der Waals surface area contributed by atoms with Crippen LogP contribution in [0.5, 0.6) is 5.75 Å². The van der Waals surface area contributed by atoms with Crippen molar-refractivity contribution in [1.29, 1.82) is 0 Å². The molecule has 0 aromatic heterocycles. The minimum Gasteiger partial charge on any atom is -0.481 e. The maximum atomic E-state index is 13.4. The monoisotopic (exact) mass is 295 g/mol. The van der Waals surface area contributed by atoms with E-state index in [-0.39, 0.29) is 30.9 Å². The molecule has 6 heteroatoms. The predicted octanol–water partition coefficient (Wildman–Crippen LogP) is 1.92. The Morgan fingerprint density at radius 1 is 1.43 bits per heavy atom. The summed E-state index contributed by atoms with van der Waals surface area (Å²) < 4.78 is 18.6. The molecule has 5 nitrogen and oxygen atoms in total. The van der Waals surface area contributed by atoms with Crippen molar-refractivity contribution in [3.63, 3.8) is 0 Å². The number of halogens is 1. The number of nitrogens with zero attached hydrogens (tertiary/aromatic N) is 1. The van der Waals surface area contributed by atoms with Gasteiger partial charge in [-0.05, 0) is 25.0 Å². The number of amides is 1. The highest BCUT2D eigenvalue weighted by Gasteiger charge is 2.34. The third kappa shape index (κ3) is 4.18. The Labute approximate surface area is 122 Å². The van der Waals surface area contributed by atoms with E-state index in [9.17, 15) is 14.0 Å². The molecule has 1 aromatic carbocycles. The van der Waals surface area contributed by atoms with Crippen LogP contribution in [0.25, 0.3) is 0 Å². The number of hydrogen-bond donors (Lipinski definition) is 1. The van der Waals surface area contributed by atoms with Gasteiger partial charge in [0.05, 0.1) is 5.92 Å². The van der Waals surface area contributed by atoms with E-state index in [1.165, 1.54) is 23.1 Å². The zero-order valence-electron chi connectivity index (χ0n) is 11.8. The molecule has 1 N–H and O–H groups in total. The van der Waals surface area contributed by atoms with Gasteiger partial charge < -0.3 is 14.7 Å². The van der Waals surface area contributed by atoms with Gasteiger partial charge in [-0.1, -0.05) is 19.1 Å². The van der Waals surface area contributed by atoms with Crippen LogP contribution in [-0.2, 0) is 9.59 Å². The molecule has 114 valence electrons. The molecule has 1 aromatic rings. The fraction of sp³-hybridized carbons (Fsp3) is 0.467. The number of carbonyl (C=O) groups is 2. The van der Waals surface area contributed by atoms with Crippen LogP contribution in [0.2, 0.25) is 0 Å². The molecule has 21 heavy (non-hydrogen) atoms. The molecule has 0 radical (unpaired) electrons. The number of aliphatic carboxylic acids is 1. The summed E-state index contributed by atoms with van der Waals surface area (Å²) in [6.07, 6.45) is 1.75. The molecular weight excluding hydrogens is 277 g/mol. The lowest BCUT2D eigenvalue weighted by Gasteiger charge is -2.24. The molecule has 0 spiro atoms. The summed E-state index contributed by atoms with van der Waals surface area (Å²) in [6.45, 7) is 1.42. The topological polar surface area (TPSA) is 66.8 Å². The molecule has 0 heterocycles. The van der Waals surface area contributed by atoms with Gasteiger partial charge in [-0.25, -0.2) is 4.39 Å². The minimum absolute atomic E-state index is 0.0212. The fourth-order valence-corrected chi connectivity index (χ4v) is 2.00. The lowest BCUT2D eigenvalue weighted by Crippen LogP contribution is -2.41. The Bertz CT molecular complexity index is 530. The van der Waals surface area contributed by atoms with Gasteiger partial charge in [-0.2, -0.15) is 0 Å². The Balaban J connectivity index is 1.93. The number of carboxylic acids is 1. The minimum atomic E-state index is -0.941. The molecule has 1 fully saturated rings. The number of rotatable bonds is 7. The van der Waals surface area contributed by atoms with Gasteiger partial charge in [0.25, 0.3) is 5.91 Å². The lowest BCUT2D eigenvalue weighted by atomic mass is 10.1. The molecule has 1 aliphatic rings. The molecule has 1 aliphatic carbocycles. The molecule has 1 amide bonds. The van der Waals surface area contributed by atoms with Crippen molar-refractivity contribution >= 4 is 11.9 Å². The fourth-order valence-electron chi connectivity index (χ4n) is 2.00. The van der Waals surface area contributed by atoms with Gasteiger partial charge in [0.1, 0.15) is 0 Å². The summed E-state index contributed by atoms with van der Waals surface area (Å²) in [5.41, 5.74) is 0.